The summed E-state index contributed by atoms with van der Waals surface area (Å²) in [5.74, 6) is 0.698. The molecule has 1 heterocycles. The molecule has 3 atom stereocenters. The number of benzene rings is 1. The highest BCUT2D eigenvalue weighted by atomic mass is 16.2. The third-order valence-corrected chi connectivity index (χ3v) is 3.86. The van der Waals surface area contributed by atoms with Crippen molar-refractivity contribution in [1.82, 2.24) is 4.90 Å². The molecule has 1 aromatic carbocycles. The molecule has 1 amide bonds. The molecular weight excluding hydrogens is 238 g/mol. The van der Waals surface area contributed by atoms with Gasteiger partial charge in [0, 0.05) is 24.0 Å². The van der Waals surface area contributed by atoms with E-state index in [2.05, 4.69) is 24.1 Å². The van der Waals surface area contributed by atoms with Gasteiger partial charge in [0.1, 0.15) is 0 Å². The number of hydrogen-bond donors (Lipinski definition) is 2. The van der Waals surface area contributed by atoms with Crippen LogP contribution in [0.3, 0.4) is 0 Å². The van der Waals surface area contributed by atoms with E-state index in [4.69, 9.17) is 5.73 Å². The summed E-state index contributed by atoms with van der Waals surface area (Å²) in [5.41, 5.74) is 7.13. The van der Waals surface area contributed by atoms with Crippen molar-refractivity contribution in [2.24, 2.45) is 5.92 Å². The normalized spacial score (nSPS) is 25.2. The minimum atomic E-state index is -0.110. The first-order chi connectivity index (χ1) is 8.97. The molecule has 0 spiro atoms. The van der Waals surface area contributed by atoms with Gasteiger partial charge in [0.15, 0.2) is 0 Å². The van der Waals surface area contributed by atoms with Crippen molar-refractivity contribution in [3.8, 4) is 0 Å². The third-order valence-electron chi connectivity index (χ3n) is 3.86. The van der Waals surface area contributed by atoms with Crippen LogP contribution in [0.15, 0.2) is 24.3 Å². The number of carbonyl (C=O) groups excluding carboxylic acids is 1. The van der Waals surface area contributed by atoms with Crippen molar-refractivity contribution in [1.29, 1.82) is 0 Å². The number of carbonyl (C=O) groups is 1. The van der Waals surface area contributed by atoms with Crippen LogP contribution in [0.2, 0.25) is 0 Å². The Bertz CT molecular complexity index is 460. The van der Waals surface area contributed by atoms with Gasteiger partial charge < -0.3 is 11.1 Å². The van der Waals surface area contributed by atoms with Gasteiger partial charge in [0.05, 0.1) is 6.04 Å². The topological polar surface area (TPSA) is 58.4 Å². The van der Waals surface area contributed by atoms with Crippen LogP contribution in [-0.4, -0.2) is 29.4 Å². The average molecular weight is 261 g/mol. The lowest BCUT2D eigenvalue weighted by molar-refractivity contribution is -0.121. The number of amides is 1. The van der Waals surface area contributed by atoms with E-state index in [1.807, 2.05) is 25.1 Å². The van der Waals surface area contributed by atoms with Crippen LogP contribution in [0.5, 0.6) is 0 Å². The van der Waals surface area contributed by atoms with Crippen LogP contribution in [0.4, 0.5) is 11.4 Å². The van der Waals surface area contributed by atoms with Crippen molar-refractivity contribution in [3.05, 3.63) is 24.3 Å². The highest BCUT2D eigenvalue weighted by Crippen LogP contribution is 2.25. The van der Waals surface area contributed by atoms with Crippen molar-refractivity contribution >= 4 is 17.3 Å². The molecule has 1 saturated heterocycles. The Hall–Kier alpha value is -1.55. The Kier molecular flexibility index (Phi) is 4.10. The molecule has 0 aromatic heterocycles. The second-order valence-corrected chi connectivity index (χ2v) is 5.68. The van der Waals surface area contributed by atoms with E-state index in [0.717, 1.165) is 18.7 Å². The molecule has 2 rings (SSSR count). The molecule has 4 nitrogen and oxygen atoms in total. The predicted octanol–water partition coefficient (Wildman–Crippen LogP) is 2.33. The maximum atomic E-state index is 12.3. The quantitative estimate of drug-likeness (QED) is 0.821. The summed E-state index contributed by atoms with van der Waals surface area (Å²) in [6.07, 6.45) is 1.16. The maximum absolute atomic E-state index is 12.3. The van der Waals surface area contributed by atoms with Gasteiger partial charge in [-0.1, -0.05) is 13.0 Å². The summed E-state index contributed by atoms with van der Waals surface area (Å²) in [6, 6.07) is 7.65. The van der Waals surface area contributed by atoms with E-state index in [1.165, 1.54) is 0 Å². The second-order valence-electron chi connectivity index (χ2n) is 5.68. The van der Waals surface area contributed by atoms with Gasteiger partial charge in [-0.05, 0) is 44.4 Å². The van der Waals surface area contributed by atoms with E-state index in [1.54, 1.807) is 6.07 Å². The Balaban J connectivity index is 2.00. The van der Waals surface area contributed by atoms with Crippen LogP contribution in [-0.2, 0) is 4.79 Å². The number of rotatable bonds is 3. The van der Waals surface area contributed by atoms with Crippen molar-refractivity contribution in [2.45, 2.75) is 39.3 Å². The summed E-state index contributed by atoms with van der Waals surface area (Å²) >= 11 is 0. The maximum Gasteiger partial charge on any atom is 0.241 e. The molecule has 0 radical (unpaired) electrons. The lowest BCUT2D eigenvalue weighted by Gasteiger charge is -2.27. The number of nitrogen functional groups attached to an aromatic ring is 1. The third kappa shape index (κ3) is 3.26. The second kappa shape index (κ2) is 5.61. The standard InChI is InChI=1S/C15H23N3O/c1-10-7-11(2)18(9-10)12(3)15(19)17-14-6-4-5-13(16)8-14/h4-6,8,10-12H,7,9,16H2,1-3H3,(H,17,19). The average Bonchev–Trinajstić information content (AvgIpc) is 2.67. The zero-order valence-corrected chi connectivity index (χ0v) is 11.9. The van der Waals surface area contributed by atoms with Gasteiger partial charge in [-0.3, -0.25) is 9.69 Å². The molecule has 0 saturated carbocycles. The first-order valence-electron chi connectivity index (χ1n) is 6.89. The first-order valence-corrected chi connectivity index (χ1v) is 6.89. The van der Waals surface area contributed by atoms with Gasteiger partial charge in [0.2, 0.25) is 5.91 Å². The number of nitrogens with two attached hydrogens (primary N) is 1. The SMILES string of the molecule is CC1CC(C)N(C(C)C(=O)Nc2cccc(N)c2)C1. The summed E-state index contributed by atoms with van der Waals surface area (Å²) < 4.78 is 0. The van der Waals surface area contributed by atoms with Crippen molar-refractivity contribution in [2.75, 3.05) is 17.6 Å². The molecule has 19 heavy (non-hydrogen) atoms. The monoisotopic (exact) mass is 261 g/mol. The zero-order chi connectivity index (χ0) is 14.0. The number of anilines is 2. The van der Waals surface area contributed by atoms with Gasteiger partial charge in [-0.2, -0.15) is 0 Å². The minimum absolute atomic E-state index is 0.0338. The molecule has 104 valence electrons. The summed E-state index contributed by atoms with van der Waals surface area (Å²) in [4.78, 5) is 14.5. The molecule has 1 aromatic rings. The molecular formula is C15H23N3O. The van der Waals surface area contributed by atoms with E-state index in [9.17, 15) is 4.79 Å². The van der Waals surface area contributed by atoms with Crippen LogP contribution < -0.4 is 11.1 Å². The van der Waals surface area contributed by atoms with Crippen LogP contribution >= 0.6 is 0 Å². The Morgan fingerprint density at radius 1 is 1.47 bits per heavy atom. The van der Waals surface area contributed by atoms with Gasteiger partial charge in [-0.25, -0.2) is 0 Å². The summed E-state index contributed by atoms with van der Waals surface area (Å²) in [6.45, 7) is 7.38. The molecule has 3 unspecified atom stereocenters. The van der Waals surface area contributed by atoms with Crippen LogP contribution in [0, 0.1) is 5.92 Å². The fraction of sp³-hybridized carbons (Fsp3) is 0.533. The lowest BCUT2D eigenvalue weighted by Crippen LogP contribution is -2.43. The van der Waals surface area contributed by atoms with Crippen molar-refractivity contribution < 1.29 is 4.79 Å². The number of nitrogens with zero attached hydrogens (tertiary/aromatic N) is 1. The Morgan fingerprint density at radius 3 is 2.79 bits per heavy atom. The molecule has 1 aliphatic heterocycles. The smallest absolute Gasteiger partial charge is 0.241 e. The minimum Gasteiger partial charge on any atom is -0.399 e. The molecule has 3 N–H and O–H groups in total. The Labute approximate surface area is 115 Å². The van der Waals surface area contributed by atoms with E-state index < -0.39 is 0 Å². The van der Waals surface area contributed by atoms with E-state index in [0.29, 0.717) is 17.6 Å². The highest BCUT2D eigenvalue weighted by molar-refractivity contribution is 5.94. The predicted molar refractivity (Wildman–Crippen MR) is 78.9 cm³/mol. The number of nitrogens with one attached hydrogen (secondary N) is 1. The molecule has 4 heteroatoms. The zero-order valence-electron chi connectivity index (χ0n) is 11.9. The summed E-state index contributed by atoms with van der Waals surface area (Å²) in [5, 5.41) is 2.93. The molecule has 0 bridgehead atoms. The van der Waals surface area contributed by atoms with Crippen molar-refractivity contribution in [3.63, 3.8) is 0 Å². The van der Waals surface area contributed by atoms with Gasteiger partial charge in [-0.15, -0.1) is 0 Å². The van der Waals surface area contributed by atoms with E-state index in [-0.39, 0.29) is 11.9 Å². The molecule has 1 fully saturated rings. The fourth-order valence-corrected chi connectivity index (χ4v) is 2.89. The largest absolute Gasteiger partial charge is 0.399 e. The Morgan fingerprint density at radius 2 is 2.21 bits per heavy atom. The molecule has 0 aliphatic carbocycles. The van der Waals surface area contributed by atoms with Crippen LogP contribution in [0.25, 0.3) is 0 Å². The lowest BCUT2D eigenvalue weighted by atomic mass is 10.1. The van der Waals surface area contributed by atoms with Gasteiger partial charge in [0.25, 0.3) is 0 Å². The first kappa shape index (κ1) is 13.9. The van der Waals surface area contributed by atoms with E-state index >= 15 is 0 Å². The number of hydrogen-bond acceptors (Lipinski definition) is 3. The van der Waals surface area contributed by atoms with Gasteiger partial charge >= 0.3 is 0 Å². The van der Waals surface area contributed by atoms with Crippen LogP contribution in [0.1, 0.15) is 27.2 Å². The fourth-order valence-electron chi connectivity index (χ4n) is 2.89. The highest BCUT2D eigenvalue weighted by Gasteiger charge is 2.32. The summed E-state index contributed by atoms with van der Waals surface area (Å²) in [7, 11) is 0. The number of likely N-dealkylation sites (tertiary alicyclic amines) is 1. The molecule has 1 aliphatic rings.